The van der Waals surface area contributed by atoms with Crippen molar-refractivity contribution in [2.24, 2.45) is 0 Å². The molecular weight excluding hydrogens is 338 g/mol. The van der Waals surface area contributed by atoms with Crippen molar-refractivity contribution >= 4 is 11.4 Å². The highest BCUT2D eigenvalue weighted by Crippen LogP contribution is 2.23. The molecule has 1 aliphatic heterocycles. The second-order valence-electron chi connectivity index (χ2n) is 6.77. The first-order chi connectivity index (χ1) is 13.3. The zero-order chi connectivity index (χ0) is 18.2. The number of pyridine rings is 2. The van der Waals surface area contributed by atoms with Gasteiger partial charge in [0.2, 0.25) is 0 Å². The molecule has 5 heterocycles. The molecule has 0 aromatic carbocycles. The van der Waals surface area contributed by atoms with Crippen LogP contribution < -0.4 is 0 Å². The van der Waals surface area contributed by atoms with E-state index in [9.17, 15) is 4.79 Å². The summed E-state index contributed by atoms with van der Waals surface area (Å²) in [6.07, 6.45) is 9.49. The first-order valence-corrected chi connectivity index (χ1v) is 9.16. The summed E-state index contributed by atoms with van der Waals surface area (Å²) >= 11 is 0. The van der Waals surface area contributed by atoms with Crippen molar-refractivity contribution in [2.75, 3.05) is 13.1 Å². The van der Waals surface area contributed by atoms with E-state index < -0.39 is 0 Å². The Morgan fingerprint density at radius 2 is 1.63 bits per heavy atom. The molecule has 4 aromatic rings. The first kappa shape index (κ1) is 15.8. The lowest BCUT2D eigenvalue weighted by Gasteiger charge is -2.16. The molecule has 0 aliphatic carbocycles. The highest BCUT2D eigenvalue weighted by atomic mass is 16.2. The van der Waals surface area contributed by atoms with Gasteiger partial charge in [-0.3, -0.25) is 9.78 Å². The van der Waals surface area contributed by atoms with E-state index in [1.807, 2.05) is 29.2 Å². The van der Waals surface area contributed by atoms with Crippen LogP contribution in [0.4, 0.5) is 0 Å². The number of carbonyl (C=O) groups is 1. The van der Waals surface area contributed by atoms with Crippen molar-refractivity contribution in [3.05, 3.63) is 72.9 Å². The van der Waals surface area contributed by atoms with E-state index in [4.69, 9.17) is 0 Å². The van der Waals surface area contributed by atoms with E-state index in [2.05, 4.69) is 32.8 Å². The number of hydrogen-bond donors (Lipinski definition) is 0. The molecule has 0 unspecified atom stereocenters. The van der Waals surface area contributed by atoms with Crippen molar-refractivity contribution in [1.29, 1.82) is 0 Å². The largest absolute Gasteiger partial charge is 0.337 e. The Kier molecular flexibility index (Phi) is 3.74. The Balaban J connectivity index is 1.60. The number of nitrogens with zero attached hydrogens (tertiary/aromatic N) is 5. The number of amides is 1. The summed E-state index contributed by atoms with van der Waals surface area (Å²) in [5.41, 5.74) is 3.84. The molecule has 1 aliphatic rings. The maximum atomic E-state index is 12.9. The van der Waals surface area contributed by atoms with Gasteiger partial charge in [-0.25, -0.2) is 4.68 Å². The Hall–Kier alpha value is -3.41. The monoisotopic (exact) mass is 357 g/mol. The maximum Gasteiger partial charge on any atom is 0.272 e. The fourth-order valence-electron chi connectivity index (χ4n) is 3.70. The van der Waals surface area contributed by atoms with Gasteiger partial charge in [-0.1, -0.05) is 6.07 Å². The molecule has 6 nitrogen and oxygen atoms in total. The van der Waals surface area contributed by atoms with E-state index in [0.717, 1.165) is 48.4 Å². The number of fused-ring (bicyclic) bond motifs is 1. The van der Waals surface area contributed by atoms with Crippen molar-refractivity contribution in [3.8, 4) is 16.9 Å². The van der Waals surface area contributed by atoms with Crippen LogP contribution >= 0.6 is 0 Å². The van der Waals surface area contributed by atoms with Crippen molar-refractivity contribution < 1.29 is 4.79 Å². The maximum absolute atomic E-state index is 12.9. The molecule has 0 spiro atoms. The fraction of sp³-hybridized carbons (Fsp3) is 0.190. The Labute approximate surface area is 156 Å². The number of aromatic nitrogens is 4. The van der Waals surface area contributed by atoms with Crippen LogP contribution in [0.3, 0.4) is 0 Å². The zero-order valence-corrected chi connectivity index (χ0v) is 14.8. The summed E-state index contributed by atoms with van der Waals surface area (Å²) in [4.78, 5) is 18.9. The molecule has 4 aromatic heterocycles. The molecule has 1 amide bonds. The van der Waals surface area contributed by atoms with Gasteiger partial charge in [-0.15, -0.1) is 0 Å². The highest BCUT2D eigenvalue weighted by Gasteiger charge is 2.23. The molecule has 0 radical (unpaired) electrons. The van der Waals surface area contributed by atoms with E-state index in [-0.39, 0.29) is 5.91 Å². The topological polar surface area (TPSA) is 55.4 Å². The van der Waals surface area contributed by atoms with E-state index in [1.165, 1.54) is 0 Å². The average Bonchev–Trinajstić information content (AvgIpc) is 3.47. The number of carbonyl (C=O) groups excluding carboxylic acids is 1. The molecule has 5 rings (SSSR count). The highest BCUT2D eigenvalue weighted by molar-refractivity contribution is 5.93. The molecule has 1 saturated heterocycles. The minimum atomic E-state index is 0.0465. The standard InChI is InChI=1S/C21H19N5O/c27-21(24-13-1-2-14-24)19-9-12-23-26(19)20-6-5-18-4-3-17(15-25(18)20)16-7-10-22-11-8-16/h3-12,15H,1-2,13-14H2. The van der Waals surface area contributed by atoms with Crippen LogP contribution in [-0.4, -0.2) is 43.1 Å². The van der Waals surface area contributed by atoms with Gasteiger partial charge in [0.25, 0.3) is 5.91 Å². The first-order valence-electron chi connectivity index (χ1n) is 9.16. The van der Waals surface area contributed by atoms with Gasteiger partial charge in [0.1, 0.15) is 11.5 Å². The molecule has 6 heteroatoms. The van der Waals surface area contributed by atoms with Crippen LogP contribution in [0.15, 0.2) is 67.3 Å². The third kappa shape index (κ3) is 2.70. The summed E-state index contributed by atoms with van der Waals surface area (Å²) in [6.45, 7) is 1.65. The summed E-state index contributed by atoms with van der Waals surface area (Å²) in [5.74, 6) is 0.902. The summed E-state index contributed by atoms with van der Waals surface area (Å²) in [6, 6.07) is 14.0. The predicted molar refractivity (Wildman–Crippen MR) is 103 cm³/mol. The summed E-state index contributed by atoms with van der Waals surface area (Å²) in [7, 11) is 0. The quantitative estimate of drug-likeness (QED) is 0.564. The Morgan fingerprint density at radius 3 is 2.44 bits per heavy atom. The lowest BCUT2D eigenvalue weighted by molar-refractivity contribution is 0.0783. The van der Waals surface area contributed by atoms with Gasteiger partial charge in [0, 0.05) is 37.2 Å². The minimum Gasteiger partial charge on any atom is -0.337 e. The van der Waals surface area contributed by atoms with E-state index >= 15 is 0 Å². The average molecular weight is 357 g/mol. The predicted octanol–water partition coefficient (Wildman–Crippen LogP) is 3.42. The Bertz CT molecular complexity index is 1110. The van der Waals surface area contributed by atoms with Crippen LogP contribution in [0.25, 0.3) is 22.5 Å². The van der Waals surface area contributed by atoms with Crippen LogP contribution in [0.5, 0.6) is 0 Å². The summed E-state index contributed by atoms with van der Waals surface area (Å²) in [5, 5.41) is 4.44. The zero-order valence-electron chi connectivity index (χ0n) is 14.8. The van der Waals surface area contributed by atoms with Gasteiger partial charge < -0.3 is 9.30 Å². The van der Waals surface area contributed by atoms with Crippen molar-refractivity contribution in [2.45, 2.75) is 12.8 Å². The third-order valence-corrected chi connectivity index (χ3v) is 5.12. The van der Waals surface area contributed by atoms with Crippen molar-refractivity contribution in [1.82, 2.24) is 24.1 Å². The van der Waals surface area contributed by atoms with E-state index in [1.54, 1.807) is 29.3 Å². The lowest BCUT2D eigenvalue weighted by atomic mass is 10.1. The van der Waals surface area contributed by atoms with Gasteiger partial charge in [-0.05, 0) is 60.4 Å². The third-order valence-electron chi connectivity index (χ3n) is 5.12. The smallest absolute Gasteiger partial charge is 0.272 e. The fourth-order valence-corrected chi connectivity index (χ4v) is 3.70. The molecule has 0 bridgehead atoms. The summed E-state index contributed by atoms with van der Waals surface area (Å²) < 4.78 is 3.81. The SMILES string of the molecule is O=C(c1ccnn1-c1ccc2ccc(-c3ccncc3)cn12)N1CCCC1. The van der Waals surface area contributed by atoms with Crippen molar-refractivity contribution in [3.63, 3.8) is 0 Å². The molecule has 27 heavy (non-hydrogen) atoms. The van der Waals surface area contributed by atoms with Crippen LogP contribution in [0, 0.1) is 0 Å². The molecule has 0 saturated carbocycles. The number of likely N-dealkylation sites (tertiary alicyclic amines) is 1. The van der Waals surface area contributed by atoms with Crippen LogP contribution in [-0.2, 0) is 0 Å². The van der Waals surface area contributed by atoms with E-state index in [0.29, 0.717) is 5.69 Å². The second kappa shape index (κ2) is 6.39. The lowest BCUT2D eigenvalue weighted by Crippen LogP contribution is -2.29. The molecule has 1 fully saturated rings. The molecular formula is C21H19N5O. The minimum absolute atomic E-state index is 0.0465. The van der Waals surface area contributed by atoms with Crippen LogP contribution in [0.2, 0.25) is 0 Å². The molecule has 134 valence electrons. The van der Waals surface area contributed by atoms with Crippen LogP contribution in [0.1, 0.15) is 23.3 Å². The second-order valence-corrected chi connectivity index (χ2v) is 6.77. The number of hydrogen-bond acceptors (Lipinski definition) is 3. The van der Waals surface area contributed by atoms with Gasteiger partial charge in [0.15, 0.2) is 0 Å². The number of rotatable bonds is 3. The Morgan fingerprint density at radius 1 is 0.852 bits per heavy atom. The normalized spacial score (nSPS) is 14.1. The molecule has 0 N–H and O–H groups in total. The molecule has 0 atom stereocenters. The van der Waals surface area contributed by atoms with Gasteiger partial charge in [-0.2, -0.15) is 5.10 Å². The van der Waals surface area contributed by atoms with Gasteiger partial charge >= 0.3 is 0 Å². The van der Waals surface area contributed by atoms with Gasteiger partial charge in [0.05, 0.1) is 6.20 Å².